The molecular weight excluding hydrogens is 196 g/mol. The summed E-state index contributed by atoms with van der Waals surface area (Å²) in [4.78, 5) is 3.34. The highest BCUT2D eigenvalue weighted by molar-refractivity contribution is 5.77. The van der Waals surface area contributed by atoms with Gasteiger partial charge >= 0.3 is 0 Å². The summed E-state index contributed by atoms with van der Waals surface area (Å²) in [6.07, 6.45) is 2.13. The molecular formula is C14H14N2. The van der Waals surface area contributed by atoms with Crippen molar-refractivity contribution in [1.82, 2.24) is 9.55 Å². The second kappa shape index (κ2) is 3.56. The van der Waals surface area contributed by atoms with Crippen LogP contribution < -0.4 is 0 Å². The van der Waals surface area contributed by atoms with E-state index in [1.54, 1.807) is 0 Å². The number of benzene rings is 1. The van der Waals surface area contributed by atoms with Crippen LogP contribution in [0.2, 0.25) is 0 Å². The quantitative estimate of drug-likeness (QED) is 0.670. The molecule has 2 heteroatoms. The third-order valence-corrected chi connectivity index (χ3v) is 2.89. The van der Waals surface area contributed by atoms with Crippen LogP contribution in [0.1, 0.15) is 11.3 Å². The van der Waals surface area contributed by atoms with Gasteiger partial charge < -0.3 is 9.55 Å². The number of aromatic amines is 1. The number of nitrogens with zero attached hydrogens (tertiary/aromatic N) is 1. The lowest BCUT2D eigenvalue weighted by atomic mass is 10.2. The van der Waals surface area contributed by atoms with Crippen LogP contribution in [0.3, 0.4) is 0 Å². The van der Waals surface area contributed by atoms with Gasteiger partial charge in [-0.15, -0.1) is 0 Å². The topological polar surface area (TPSA) is 20.7 Å². The molecule has 0 amide bonds. The number of aromatic nitrogens is 2. The molecule has 0 fully saturated rings. The Bertz CT molecular complexity index is 602. The van der Waals surface area contributed by atoms with Crippen molar-refractivity contribution in [2.75, 3.05) is 0 Å². The summed E-state index contributed by atoms with van der Waals surface area (Å²) in [6, 6.07) is 14.9. The van der Waals surface area contributed by atoms with Crippen LogP contribution in [0.4, 0.5) is 0 Å². The molecule has 0 saturated carbocycles. The highest BCUT2D eigenvalue weighted by Gasteiger charge is 2.03. The summed E-state index contributed by atoms with van der Waals surface area (Å²) in [5.41, 5.74) is 5.04. The average Bonchev–Trinajstić information content (AvgIpc) is 2.81. The summed E-state index contributed by atoms with van der Waals surface area (Å²) < 4.78 is 2.27. The van der Waals surface area contributed by atoms with E-state index >= 15 is 0 Å². The highest BCUT2D eigenvalue weighted by atomic mass is 15.0. The normalized spacial score (nSPS) is 11.1. The molecule has 16 heavy (non-hydrogen) atoms. The van der Waals surface area contributed by atoms with E-state index in [0.717, 1.165) is 6.54 Å². The van der Waals surface area contributed by atoms with Crippen LogP contribution in [0, 0.1) is 6.92 Å². The second-order valence-corrected chi connectivity index (χ2v) is 4.18. The van der Waals surface area contributed by atoms with Gasteiger partial charge in [-0.25, -0.2) is 0 Å². The second-order valence-electron chi connectivity index (χ2n) is 4.18. The number of fused-ring (bicyclic) bond motifs is 1. The van der Waals surface area contributed by atoms with Gasteiger partial charge in [0.2, 0.25) is 0 Å². The fraction of sp³-hybridized carbons (Fsp3) is 0.143. The Kier molecular flexibility index (Phi) is 2.07. The molecule has 2 nitrogen and oxygen atoms in total. The Morgan fingerprint density at radius 1 is 1.12 bits per heavy atom. The average molecular weight is 210 g/mol. The number of aryl methyl sites for hydroxylation is 1. The van der Waals surface area contributed by atoms with Gasteiger partial charge in [0.05, 0.1) is 11.0 Å². The van der Waals surface area contributed by atoms with E-state index in [2.05, 4.69) is 65.1 Å². The summed E-state index contributed by atoms with van der Waals surface area (Å²) in [5.74, 6) is 0. The smallest absolute Gasteiger partial charge is 0.0666 e. The van der Waals surface area contributed by atoms with Crippen molar-refractivity contribution in [2.24, 2.45) is 0 Å². The molecule has 3 aromatic rings. The van der Waals surface area contributed by atoms with Crippen LogP contribution >= 0.6 is 0 Å². The molecule has 80 valence electrons. The van der Waals surface area contributed by atoms with Crippen molar-refractivity contribution in [1.29, 1.82) is 0 Å². The monoisotopic (exact) mass is 210 g/mol. The first-order valence-electron chi connectivity index (χ1n) is 5.51. The third-order valence-electron chi connectivity index (χ3n) is 2.89. The van der Waals surface area contributed by atoms with Crippen LogP contribution in [0.25, 0.3) is 11.0 Å². The number of hydrogen-bond acceptors (Lipinski definition) is 0. The zero-order valence-electron chi connectivity index (χ0n) is 9.27. The summed E-state index contributed by atoms with van der Waals surface area (Å²) in [5, 5.41) is 0. The molecule has 0 aliphatic rings. The Morgan fingerprint density at radius 3 is 2.75 bits per heavy atom. The van der Waals surface area contributed by atoms with E-state index in [9.17, 15) is 0 Å². The lowest BCUT2D eigenvalue weighted by Gasteiger charge is -2.03. The maximum Gasteiger partial charge on any atom is 0.0666 e. The largest absolute Gasteiger partial charge is 0.357 e. The number of hydrogen-bond donors (Lipinski definition) is 1. The summed E-state index contributed by atoms with van der Waals surface area (Å²) in [7, 11) is 0. The molecule has 3 rings (SSSR count). The van der Waals surface area contributed by atoms with Crippen LogP contribution in [-0.4, -0.2) is 9.55 Å². The minimum Gasteiger partial charge on any atom is -0.357 e. The number of rotatable bonds is 2. The van der Waals surface area contributed by atoms with E-state index in [4.69, 9.17) is 0 Å². The van der Waals surface area contributed by atoms with Crippen LogP contribution in [0.5, 0.6) is 0 Å². The lowest BCUT2D eigenvalue weighted by Crippen LogP contribution is -1.96. The van der Waals surface area contributed by atoms with Gasteiger partial charge in [0.1, 0.15) is 0 Å². The predicted octanol–water partition coefficient (Wildman–Crippen LogP) is 3.33. The highest BCUT2D eigenvalue weighted by Crippen LogP contribution is 2.17. The number of nitrogens with one attached hydrogen (secondary N) is 1. The fourth-order valence-corrected chi connectivity index (χ4v) is 2.12. The molecule has 1 N–H and O–H groups in total. The van der Waals surface area contributed by atoms with Gasteiger partial charge in [-0.3, -0.25) is 0 Å². The van der Waals surface area contributed by atoms with Gasteiger partial charge in [-0.05, 0) is 24.6 Å². The molecule has 0 saturated heterocycles. The zero-order chi connectivity index (χ0) is 11.0. The standard InChI is InChI=1S/C14H14N2/c1-11-9-14-13(15-11)7-8-16(14)10-12-5-3-2-4-6-12/h2-9,15H,10H2,1H3. The molecule has 0 atom stereocenters. The molecule has 0 unspecified atom stereocenters. The van der Waals surface area contributed by atoms with Gasteiger partial charge in [0, 0.05) is 18.4 Å². The first-order valence-corrected chi connectivity index (χ1v) is 5.51. The number of H-pyrrole nitrogens is 1. The van der Waals surface area contributed by atoms with E-state index in [0.29, 0.717) is 0 Å². The van der Waals surface area contributed by atoms with Crippen molar-refractivity contribution < 1.29 is 0 Å². The van der Waals surface area contributed by atoms with Crippen LogP contribution in [-0.2, 0) is 6.54 Å². The molecule has 2 heterocycles. The molecule has 0 aliphatic carbocycles. The first-order chi connectivity index (χ1) is 7.83. The summed E-state index contributed by atoms with van der Waals surface area (Å²) in [6.45, 7) is 3.02. The van der Waals surface area contributed by atoms with E-state index in [-0.39, 0.29) is 0 Å². The summed E-state index contributed by atoms with van der Waals surface area (Å²) >= 11 is 0. The molecule has 2 aromatic heterocycles. The maximum absolute atomic E-state index is 3.34. The Morgan fingerprint density at radius 2 is 1.94 bits per heavy atom. The Balaban J connectivity index is 2.00. The van der Waals surface area contributed by atoms with Crippen LogP contribution in [0.15, 0.2) is 48.7 Å². The van der Waals surface area contributed by atoms with Crippen molar-refractivity contribution in [3.8, 4) is 0 Å². The van der Waals surface area contributed by atoms with Crippen molar-refractivity contribution >= 4 is 11.0 Å². The van der Waals surface area contributed by atoms with Crippen molar-refractivity contribution in [3.63, 3.8) is 0 Å². The molecule has 0 aliphatic heterocycles. The maximum atomic E-state index is 3.34. The fourth-order valence-electron chi connectivity index (χ4n) is 2.12. The minimum atomic E-state index is 0.932. The molecule has 1 aromatic carbocycles. The van der Waals surface area contributed by atoms with Gasteiger partial charge in [-0.2, -0.15) is 0 Å². The first kappa shape index (κ1) is 9.28. The van der Waals surface area contributed by atoms with Gasteiger partial charge in [-0.1, -0.05) is 30.3 Å². The van der Waals surface area contributed by atoms with Gasteiger partial charge in [0.25, 0.3) is 0 Å². The SMILES string of the molecule is Cc1cc2c(ccn2Cc2ccccc2)[nH]1. The van der Waals surface area contributed by atoms with Gasteiger partial charge in [0.15, 0.2) is 0 Å². The molecule has 0 bridgehead atoms. The lowest BCUT2D eigenvalue weighted by molar-refractivity contribution is 0.837. The van der Waals surface area contributed by atoms with E-state index in [1.807, 2.05) is 0 Å². The van der Waals surface area contributed by atoms with E-state index < -0.39 is 0 Å². The van der Waals surface area contributed by atoms with E-state index in [1.165, 1.54) is 22.3 Å². The predicted molar refractivity (Wildman–Crippen MR) is 66.6 cm³/mol. The molecule has 0 spiro atoms. The Hall–Kier alpha value is -1.96. The van der Waals surface area contributed by atoms with Crippen molar-refractivity contribution in [2.45, 2.75) is 13.5 Å². The van der Waals surface area contributed by atoms with Crippen molar-refractivity contribution in [3.05, 3.63) is 59.9 Å². The Labute approximate surface area is 94.5 Å². The minimum absolute atomic E-state index is 0.932. The third kappa shape index (κ3) is 1.52. The molecule has 0 radical (unpaired) electrons. The zero-order valence-corrected chi connectivity index (χ0v) is 9.27.